The molecule has 0 N–H and O–H groups in total. The molecule has 0 saturated heterocycles. The van der Waals surface area contributed by atoms with E-state index in [1.165, 1.54) is 74.5 Å². The van der Waals surface area contributed by atoms with E-state index >= 15 is 0 Å². The van der Waals surface area contributed by atoms with Crippen molar-refractivity contribution >= 4 is 0 Å². The minimum absolute atomic E-state index is 0.713. The second-order valence-corrected chi connectivity index (χ2v) is 6.61. The molecule has 0 unspecified atom stereocenters. The van der Waals surface area contributed by atoms with Crippen LogP contribution in [0, 0.1) is 11.3 Å². The quantitative estimate of drug-likeness (QED) is 0.436. The Morgan fingerprint density at radius 2 is 1.17 bits per heavy atom. The first-order chi connectivity index (χ1) is 11.8. The summed E-state index contributed by atoms with van der Waals surface area (Å²) in [4.78, 5) is 0. The van der Waals surface area contributed by atoms with Gasteiger partial charge in [0.25, 0.3) is 0 Å². The zero-order chi connectivity index (χ0) is 17.0. The molecular formula is C23H29N. The molecule has 126 valence electrons. The van der Waals surface area contributed by atoms with Gasteiger partial charge in [-0.2, -0.15) is 5.26 Å². The van der Waals surface area contributed by atoms with Crippen LogP contribution in [0.4, 0.5) is 0 Å². The zero-order valence-corrected chi connectivity index (χ0v) is 14.9. The van der Waals surface area contributed by atoms with Gasteiger partial charge in [-0.1, -0.05) is 88.3 Å². The molecule has 0 amide bonds. The monoisotopic (exact) mass is 319 g/mol. The number of unbranched alkanes of at least 4 members (excludes halogenated alkanes) is 7. The molecule has 0 atom stereocenters. The van der Waals surface area contributed by atoms with Crippen LogP contribution in [0.1, 0.15) is 69.4 Å². The molecule has 0 saturated carbocycles. The van der Waals surface area contributed by atoms with E-state index in [0.29, 0.717) is 5.56 Å². The van der Waals surface area contributed by atoms with Crippen molar-refractivity contribution in [3.8, 4) is 17.2 Å². The number of nitriles is 1. The molecule has 0 bridgehead atoms. The maximum Gasteiger partial charge on any atom is 0.0991 e. The van der Waals surface area contributed by atoms with Crippen LogP contribution in [0.2, 0.25) is 0 Å². The van der Waals surface area contributed by atoms with Gasteiger partial charge in [-0.15, -0.1) is 0 Å². The highest BCUT2D eigenvalue weighted by Gasteiger charge is 1.99. The van der Waals surface area contributed by atoms with Gasteiger partial charge in [0.15, 0.2) is 0 Å². The van der Waals surface area contributed by atoms with E-state index in [9.17, 15) is 0 Å². The van der Waals surface area contributed by atoms with Crippen molar-refractivity contribution in [2.24, 2.45) is 0 Å². The molecule has 1 nitrogen and oxygen atoms in total. The zero-order valence-electron chi connectivity index (χ0n) is 14.9. The van der Waals surface area contributed by atoms with E-state index < -0.39 is 0 Å². The molecule has 2 aromatic carbocycles. The Kier molecular flexibility index (Phi) is 8.11. The maximum atomic E-state index is 8.86. The van der Waals surface area contributed by atoms with E-state index in [0.717, 1.165) is 0 Å². The summed E-state index contributed by atoms with van der Waals surface area (Å²) in [5.74, 6) is 0. The second kappa shape index (κ2) is 10.7. The smallest absolute Gasteiger partial charge is 0.0991 e. The predicted molar refractivity (Wildman–Crippen MR) is 103 cm³/mol. The Balaban J connectivity index is 1.71. The normalized spacial score (nSPS) is 10.5. The van der Waals surface area contributed by atoms with Crippen LogP contribution in [-0.2, 0) is 6.42 Å². The molecular weight excluding hydrogens is 290 g/mol. The molecule has 0 aliphatic carbocycles. The van der Waals surface area contributed by atoms with Crippen molar-refractivity contribution in [1.29, 1.82) is 5.26 Å². The molecule has 0 spiro atoms. The lowest BCUT2D eigenvalue weighted by Crippen LogP contribution is -1.87. The number of hydrogen-bond acceptors (Lipinski definition) is 1. The summed E-state index contributed by atoms with van der Waals surface area (Å²) in [5.41, 5.74) is 4.54. The maximum absolute atomic E-state index is 8.86. The van der Waals surface area contributed by atoms with E-state index in [1.54, 1.807) is 0 Å². The highest BCUT2D eigenvalue weighted by atomic mass is 14.2. The number of rotatable bonds is 10. The minimum atomic E-state index is 0.713. The molecule has 0 aliphatic heterocycles. The Morgan fingerprint density at radius 1 is 0.667 bits per heavy atom. The summed E-state index contributed by atoms with van der Waals surface area (Å²) < 4.78 is 0. The van der Waals surface area contributed by atoms with Crippen molar-refractivity contribution in [2.45, 2.75) is 64.7 Å². The summed E-state index contributed by atoms with van der Waals surface area (Å²) in [5, 5.41) is 8.86. The molecule has 0 aromatic heterocycles. The summed E-state index contributed by atoms with van der Waals surface area (Å²) in [6.07, 6.45) is 12.2. The highest BCUT2D eigenvalue weighted by molar-refractivity contribution is 5.64. The van der Waals surface area contributed by atoms with Gasteiger partial charge in [-0.3, -0.25) is 0 Å². The first kappa shape index (κ1) is 18.3. The minimum Gasteiger partial charge on any atom is -0.192 e. The second-order valence-electron chi connectivity index (χ2n) is 6.61. The molecule has 2 rings (SSSR count). The largest absolute Gasteiger partial charge is 0.192 e. The lowest BCUT2D eigenvalue weighted by molar-refractivity contribution is 0.575. The van der Waals surface area contributed by atoms with E-state index in [2.05, 4.69) is 37.3 Å². The number of nitrogens with zero attached hydrogens (tertiary/aromatic N) is 1. The van der Waals surface area contributed by atoms with Crippen LogP contribution in [0.3, 0.4) is 0 Å². The summed E-state index contributed by atoms with van der Waals surface area (Å²) >= 11 is 0. The van der Waals surface area contributed by atoms with Crippen molar-refractivity contribution in [1.82, 2.24) is 0 Å². The van der Waals surface area contributed by atoms with E-state index in [-0.39, 0.29) is 0 Å². The standard InChI is InChI=1S/C23H29N/c1-2-3-4-5-6-7-8-9-10-20-11-15-22(16-12-20)23-17-13-21(19-24)14-18-23/h11-18H,2-10H2,1H3. The summed E-state index contributed by atoms with van der Waals surface area (Å²) in [6.45, 7) is 2.27. The number of hydrogen-bond donors (Lipinski definition) is 0. The van der Waals surface area contributed by atoms with E-state index in [1.807, 2.05) is 24.3 Å². The Labute approximate surface area is 147 Å². The Bertz CT molecular complexity index is 617. The van der Waals surface area contributed by atoms with Gasteiger partial charge in [0, 0.05) is 0 Å². The highest BCUT2D eigenvalue weighted by Crippen LogP contribution is 2.21. The fourth-order valence-corrected chi connectivity index (χ4v) is 3.06. The fourth-order valence-electron chi connectivity index (χ4n) is 3.06. The third-order valence-electron chi connectivity index (χ3n) is 4.62. The third-order valence-corrected chi connectivity index (χ3v) is 4.62. The van der Waals surface area contributed by atoms with Crippen LogP contribution in [0.5, 0.6) is 0 Å². The molecule has 24 heavy (non-hydrogen) atoms. The van der Waals surface area contributed by atoms with E-state index in [4.69, 9.17) is 5.26 Å². The Morgan fingerprint density at radius 3 is 1.71 bits per heavy atom. The summed E-state index contributed by atoms with van der Waals surface area (Å²) in [6, 6.07) is 18.8. The van der Waals surface area contributed by atoms with Gasteiger partial charge in [-0.25, -0.2) is 0 Å². The van der Waals surface area contributed by atoms with Gasteiger partial charge >= 0.3 is 0 Å². The molecule has 0 heterocycles. The molecule has 1 heteroatoms. The molecule has 0 fully saturated rings. The molecule has 0 radical (unpaired) electrons. The molecule has 0 aliphatic rings. The average molecular weight is 319 g/mol. The van der Waals surface area contributed by atoms with Crippen LogP contribution in [0.15, 0.2) is 48.5 Å². The first-order valence-corrected chi connectivity index (χ1v) is 9.43. The number of aryl methyl sites for hydroxylation is 1. The first-order valence-electron chi connectivity index (χ1n) is 9.43. The SMILES string of the molecule is CCCCCCCCCCc1ccc(-c2ccc(C#N)cc2)cc1. The average Bonchev–Trinajstić information content (AvgIpc) is 2.64. The van der Waals surface area contributed by atoms with Gasteiger partial charge in [0.05, 0.1) is 11.6 Å². The van der Waals surface area contributed by atoms with Crippen LogP contribution >= 0.6 is 0 Å². The van der Waals surface area contributed by atoms with Crippen LogP contribution in [-0.4, -0.2) is 0 Å². The van der Waals surface area contributed by atoms with Crippen LogP contribution in [0.25, 0.3) is 11.1 Å². The van der Waals surface area contributed by atoms with Crippen molar-refractivity contribution in [3.05, 3.63) is 59.7 Å². The lowest BCUT2D eigenvalue weighted by Gasteiger charge is -2.05. The van der Waals surface area contributed by atoms with Crippen molar-refractivity contribution in [3.63, 3.8) is 0 Å². The predicted octanol–water partition coefficient (Wildman–Crippen LogP) is 6.91. The fraction of sp³-hybridized carbons (Fsp3) is 0.435. The Hall–Kier alpha value is -2.07. The van der Waals surface area contributed by atoms with Gasteiger partial charge in [-0.05, 0) is 41.7 Å². The molecule has 2 aromatic rings. The topological polar surface area (TPSA) is 23.8 Å². The van der Waals surface area contributed by atoms with Crippen LogP contribution < -0.4 is 0 Å². The van der Waals surface area contributed by atoms with Crippen molar-refractivity contribution in [2.75, 3.05) is 0 Å². The lowest BCUT2D eigenvalue weighted by atomic mass is 10.00. The van der Waals surface area contributed by atoms with Gasteiger partial charge in [0.2, 0.25) is 0 Å². The van der Waals surface area contributed by atoms with Gasteiger partial charge in [0.1, 0.15) is 0 Å². The third kappa shape index (κ3) is 6.20. The van der Waals surface area contributed by atoms with Crippen molar-refractivity contribution < 1.29 is 0 Å². The number of benzene rings is 2. The summed E-state index contributed by atoms with van der Waals surface area (Å²) in [7, 11) is 0. The van der Waals surface area contributed by atoms with Gasteiger partial charge < -0.3 is 0 Å².